The lowest BCUT2D eigenvalue weighted by atomic mass is 9.82. The Morgan fingerprint density at radius 2 is 1.80 bits per heavy atom. The molecule has 132 valence electrons. The summed E-state index contributed by atoms with van der Waals surface area (Å²) in [6.07, 6.45) is 2.35. The Balaban J connectivity index is 0.00000182. The third kappa shape index (κ3) is 3.73. The zero-order valence-corrected chi connectivity index (χ0v) is 15.3. The molecule has 2 aliphatic heterocycles. The molecule has 0 amide bonds. The minimum absolute atomic E-state index is 0. The Labute approximate surface area is 155 Å². The van der Waals surface area contributed by atoms with Crippen LogP contribution in [0, 0.1) is 6.92 Å². The monoisotopic (exact) mass is 357 g/mol. The standard InChI is InChI=1S/C21H23NO2.ClH/c1-16-7-8-20-18(13-16)19(23)14-21(24-20)9-11-22(12-10-21)15-17-5-3-2-4-6-17;/h2-8,13H,9-12,14-15H2,1H3;1H. The highest BCUT2D eigenvalue weighted by Gasteiger charge is 2.42. The number of piperidine rings is 1. The van der Waals surface area contributed by atoms with Crippen LogP contribution in [0.4, 0.5) is 0 Å². The molecule has 0 N–H and O–H groups in total. The number of hydrogen-bond donors (Lipinski definition) is 0. The number of ether oxygens (including phenoxy) is 1. The van der Waals surface area contributed by atoms with Gasteiger partial charge >= 0.3 is 0 Å². The SMILES string of the molecule is Cc1ccc2c(c1)C(=O)CC1(CCN(Cc3ccccc3)CC1)O2.Cl. The van der Waals surface area contributed by atoms with Crippen LogP contribution in [0.1, 0.15) is 40.7 Å². The molecule has 25 heavy (non-hydrogen) atoms. The normalized spacial score (nSPS) is 19.0. The van der Waals surface area contributed by atoms with Crippen molar-refractivity contribution in [1.82, 2.24) is 4.90 Å². The molecular weight excluding hydrogens is 334 g/mol. The molecule has 3 nitrogen and oxygen atoms in total. The van der Waals surface area contributed by atoms with Gasteiger partial charge in [0.2, 0.25) is 0 Å². The second kappa shape index (κ2) is 7.19. The number of ketones is 1. The van der Waals surface area contributed by atoms with Crippen LogP contribution in [0.3, 0.4) is 0 Å². The van der Waals surface area contributed by atoms with Crippen molar-refractivity contribution in [1.29, 1.82) is 0 Å². The van der Waals surface area contributed by atoms with Crippen molar-refractivity contribution in [3.63, 3.8) is 0 Å². The number of rotatable bonds is 2. The summed E-state index contributed by atoms with van der Waals surface area (Å²) in [6.45, 7) is 4.94. The lowest BCUT2D eigenvalue weighted by molar-refractivity contribution is -0.0107. The van der Waals surface area contributed by atoms with Crippen molar-refractivity contribution in [3.05, 3.63) is 65.2 Å². The van der Waals surface area contributed by atoms with Crippen LogP contribution in [-0.4, -0.2) is 29.4 Å². The molecule has 0 radical (unpaired) electrons. The van der Waals surface area contributed by atoms with Gasteiger partial charge in [0.1, 0.15) is 11.4 Å². The summed E-state index contributed by atoms with van der Waals surface area (Å²) < 4.78 is 6.34. The first kappa shape index (κ1) is 18.0. The highest BCUT2D eigenvalue weighted by atomic mass is 35.5. The number of carbonyl (C=O) groups excluding carboxylic acids is 1. The van der Waals surface area contributed by atoms with E-state index < -0.39 is 0 Å². The van der Waals surface area contributed by atoms with Crippen LogP contribution in [0.25, 0.3) is 0 Å². The van der Waals surface area contributed by atoms with Crippen LogP contribution in [0.15, 0.2) is 48.5 Å². The van der Waals surface area contributed by atoms with E-state index in [-0.39, 0.29) is 23.8 Å². The van der Waals surface area contributed by atoms with Crippen molar-refractivity contribution in [2.45, 2.75) is 38.3 Å². The number of aryl methyl sites for hydroxylation is 1. The Kier molecular flexibility index (Phi) is 5.16. The fourth-order valence-electron chi connectivity index (χ4n) is 3.85. The third-order valence-electron chi connectivity index (χ3n) is 5.26. The van der Waals surface area contributed by atoms with Crippen LogP contribution >= 0.6 is 12.4 Å². The van der Waals surface area contributed by atoms with E-state index in [9.17, 15) is 4.79 Å². The van der Waals surface area contributed by atoms with Crippen molar-refractivity contribution >= 4 is 18.2 Å². The predicted molar refractivity (Wildman–Crippen MR) is 102 cm³/mol. The highest BCUT2D eigenvalue weighted by Crippen LogP contribution is 2.39. The molecule has 1 spiro atoms. The number of fused-ring (bicyclic) bond motifs is 1. The fourth-order valence-corrected chi connectivity index (χ4v) is 3.85. The van der Waals surface area contributed by atoms with E-state index in [4.69, 9.17) is 4.74 Å². The largest absolute Gasteiger partial charge is 0.486 e. The molecular formula is C21H24ClNO2. The molecule has 0 unspecified atom stereocenters. The quantitative estimate of drug-likeness (QED) is 0.797. The number of carbonyl (C=O) groups is 1. The van der Waals surface area contributed by atoms with Crippen LogP contribution in [0.5, 0.6) is 5.75 Å². The molecule has 0 bridgehead atoms. The van der Waals surface area contributed by atoms with E-state index in [0.29, 0.717) is 6.42 Å². The van der Waals surface area contributed by atoms with Crippen molar-refractivity contribution in [2.24, 2.45) is 0 Å². The molecule has 2 aromatic carbocycles. The molecule has 2 aliphatic rings. The maximum atomic E-state index is 12.6. The van der Waals surface area contributed by atoms with Gasteiger partial charge in [-0.05, 0) is 24.6 Å². The zero-order valence-electron chi connectivity index (χ0n) is 14.5. The second-order valence-corrected chi connectivity index (χ2v) is 7.15. The van der Waals surface area contributed by atoms with E-state index in [1.54, 1.807) is 0 Å². The van der Waals surface area contributed by atoms with Gasteiger partial charge in [0.15, 0.2) is 5.78 Å². The Hall–Kier alpha value is -1.84. The van der Waals surface area contributed by atoms with Crippen molar-refractivity contribution < 1.29 is 9.53 Å². The van der Waals surface area contributed by atoms with Gasteiger partial charge in [0.05, 0.1) is 12.0 Å². The van der Waals surface area contributed by atoms with Crippen LogP contribution in [-0.2, 0) is 6.54 Å². The Morgan fingerprint density at radius 1 is 1.08 bits per heavy atom. The van der Waals surface area contributed by atoms with Gasteiger partial charge in [-0.3, -0.25) is 9.69 Å². The average molecular weight is 358 g/mol. The Bertz CT molecular complexity index is 752. The predicted octanol–water partition coefficient (Wildman–Crippen LogP) is 4.42. The first-order valence-electron chi connectivity index (χ1n) is 8.73. The van der Waals surface area contributed by atoms with Gasteiger partial charge in [-0.1, -0.05) is 42.0 Å². The van der Waals surface area contributed by atoms with E-state index in [1.807, 2.05) is 25.1 Å². The Morgan fingerprint density at radius 3 is 2.52 bits per heavy atom. The summed E-state index contributed by atoms with van der Waals surface area (Å²) in [5, 5.41) is 0. The zero-order chi connectivity index (χ0) is 16.6. The summed E-state index contributed by atoms with van der Waals surface area (Å²) in [7, 11) is 0. The van der Waals surface area contributed by atoms with E-state index in [2.05, 4.69) is 35.2 Å². The molecule has 2 aromatic rings. The lowest BCUT2D eigenvalue weighted by Gasteiger charge is -2.44. The number of likely N-dealkylation sites (tertiary alicyclic amines) is 1. The smallest absolute Gasteiger partial charge is 0.170 e. The van der Waals surface area contributed by atoms with Gasteiger partial charge in [0, 0.05) is 32.5 Å². The summed E-state index contributed by atoms with van der Waals surface area (Å²) in [5.41, 5.74) is 2.91. The second-order valence-electron chi connectivity index (χ2n) is 7.15. The third-order valence-corrected chi connectivity index (χ3v) is 5.26. The van der Waals surface area contributed by atoms with Crippen LogP contribution < -0.4 is 4.74 Å². The minimum Gasteiger partial charge on any atom is -0.486 e. The highest BCUT2D eigenvalue weighted by molar-refractivity contribution is 6.00. The van der Waals surface area contributed by atoms with Gasteiger partial charge in [-0.2, -0.15) is 0 Å². The fraction of sp³-hybridized carbons (Fsp3) is 0.381. The molecule has 4 rings (SSSR count). The molecule has 0 aromatic heterocycles. The minimum atomic E-state index is -0.299. The molecule has 0 aliphatic carbocycles. The summed E-state index contributed by atoms with van der Waals surface area (Å²) in [5.74, 6) is 1.00. The van der Waals surface area contributed by atoms with Gasteiger partial charge in [-0.15, -0.1) is 12.4 Å². The number of hydrogen-bond acceptors (Lipinski definition) is 3. The van der Waals surface area contributed by atoms with Gasteiger partial charge in [-0.25, -0.2) is 0 Å². The van der Waals surface area contributed by atoms with Gasteiger partial charge < -0.3 is 4.74 Å². The molecule has 0 saturated carbocycles. The topological polar surface area (TPSA) is 29.5 Å². The summed E-state index contributed by atoms with van der Waals surface area (Å²) in [4.78, 5) is 15.0. The van der Waals surface area contributed by atoms with E-state index >= 15 is 0 Å². The van der Waals surface area contributed by atoms with Crippen molar-refractivity contribution in [2.75, 3.05) is 13.1 Å². The maximum absolute atomic E-state index is 12.6. The first-order chi connectivity index (χ1) is 11.6. The molecule has 4 heteroatoms. The number of halogens is 1. The summed E-state index contributed by atoms with van der Waals surface area (Å²) >= 11 is 0. The first-order valence-corrected chi connectivity index (χ1v) is 8.73. The summed E-state index contributed by atoms with van der Waals surface area (Å²) in [6, 6.07) is 16.5. The van der Waals surface area contributed by atoms with E-state index in [1.165, 1.54) is 5.56 Å². The van der Waals surface area contributed by atoms with Crippen molar-refractivity contribution in [3.8, 4) is 5.75 Å². The molecule has 1 saturated heterocycles. The maximum Gasteiger partial charge on any atom is 0.170 e. The lowest BCUT2D eigenvalue weighted by Crippen LogP contribution is -2.50. The molecule has 1 fully saturated rings. The molecule has 2 heterocycles. The molecule has 0 atom stereocenters. The number of nitrogens with zero attached hydrogens (tertiary/aromatic N) is 1. The number of benzene rings is 2. The van der Waals surface area contributed by atoms with Gasteiger partial charge in [0.25, 0.3) is 0 Å². The number of Topliss-reactive ketones (excluding diaryl/α,β-unsaturated/α-hetero) is 1. The van der Waals surface area contributed by atoms with E-state index in [0.717, 1.165) is 49.4 Å². The average Bonchev–Trinajstić information content (AvgIpc) is 2.59. The van der Waals surface area contributed by atoms with Crippen LogP contribution in [0.2, 0.25) is 0 Å².